The van der Waals surface area contributed by atoms with E-state index in [0.717, 1.165) is 0 Å². The molecule has 0 fully saturated rings. The van der Waals surface area contributed by atoms with E-state index in [0.29, 0.717) is 0 Å². The molecule has 0 aromatic heterocycles. The van der Waals surface area contributed by atoms with Crippen LogP contribution in [0.5, 0.6) is 0 Å². The summed E-state index contributed by atoms with van der Waals surface area (Å²) in [6.45, 7) is 2.71. The second-order valence-corrected chi connectivity index (χ2v) is 2.22. The topological polar surface area (TPSA) is 290 Å². The Labute approximate surface area is 134 Å². The Balaban J connectivity index is -0.0000000139. The number of aliphatic carboxylic acids is 2. The summed E-state index contributed by atoms with van der Waals surface area (Å²) in [4.78, 5) is 18.9. The second-order valence-electron chi connectivity index (χ2n) is 2.22. The normalized spacial score (nSPS) is 9.11. The zero-order chi connectivity index (χ0) is 10.3. The fourth-order valence-corrected chi connectivity index (χ4v) is 0. The van der Waals surface area contributed by atoms with Crippen LogP contribution in [-0.2, 0) is 9.59 Å². The number of carboxylic acids is 2. The van der Waals surface area contributed by atoms with Gasteiger partial charge in [0.05, 0.1) is 11.9 Å². The number of nitrogens with two attached hydrogens (primary N) is 2. The molecule has 2 atom stereocenters. The minimum atomic E-state index is -1.21. The maximum Gasteiger partial charge on any atom is 2.00 e. The first-order chi connectivity index (χ1) is 5.29. The van der Waals surface area contributed by atoms with Crippen molar-refractivity contribution in [1.29, 1.82) is 0 Å². The van der Waals surface area contributed by atoms with Gasteiger partial charge in [0, 0.05) is 12.1 Å². The molecule has 0 heterocycles. The number of hydrogen-bond acceptors (Lipinski definition) is 6. The van der Waals surface area contributed by atoms with E-state index in [9.17, 15) is 19.8 Å². The molecule has 0 saturated heterocycles. The summed E-state index contributed by atoms with van der Waals surface area (Å²) in [6.07, 6.45) is 0. The quantitative estimate of drug-likeness (QED) is 0.466. The average Bonchev–Trinajstić information content (AvgIpc) is 1.88. The Hall–Kier alpha value is -0.0803. The van der Waals surface area contributed by atoms with E-state index < -0.39 is 24.0 Å². The molecule has 11 nitrogen and oxygen atoms in total. The van der Waals surface area contributed by atoms with Gasteiger partial charge in [-0.1, -0.05) is 0 Å². The van der Waals surface area contributed by atoms with E-state index >= 15 is 0 Å². The molecule has 0 aliphatic heterocycles. The van der Waals surface area contributed by atoms with Gasteiger partial charge in [0.25, 0.3) is 0 Å². The van der Waals surface area contributed by atoms with Crippen LogP contribution in [0.2, 0.25) is 0 Å². The van der Waals surface area contributed by atoms with Crippen LogP contribution in [0.4, 0.5) is 0 Å². The van der Waals surface area contributed by atoms with Crippen molar-refractivity contribution < 1.29 is 47.2 Å². The molecule has 0 amide bonds. The van der Waals surface area contributed by atoms with E-state index in [1.807, 2.05) is 0 Å². The van der Waals surface area contributed by atoms with Gasteiger partial charge in [0.2, 0.25) is 0 Å². The Bertz CT molecular complexity index is 149. The Morgan fingerprint density at radius 1 is 0.778 bits per heavy atom. The Morgan fingerprint density at radius 3 is 0.833 bits per heavy atom. The van der Waals surface area contributed by atoms with Gasteiger partial charge in [-0.3, -0.25) is 0 Å². The summed E-state index contributed by atoms with van der Waals surface area (Å²) in [5, 5.41) is 18.9. The predicted octanol–water partition coefficient (Wildman–Crippen LogP) is -8.34. The van der Waals surface area contributed by atoms with Crippen molar-refractivity contribution in [2.45, 2.75) is 25.9 Å². The third-order valence-electron chi connectivity index (χ3n) is 0.744. The molecule has 0 aromatic rings. The molecule has 0 saturated carbocycles. The molecule has 0 unspecified atom stereocenters. The van der Waals surface area contributed by atoms with E-state index in [4.69, 9.17) is 11.5 Å². The number of rotatable bonds is 2. The Morgan fingerprint density at radius 2 is 0.833 bits per heavy atom. The van der Waals surface area contributed by atoms with E-state index in [1.54, 1.807) is 0 Å². The minimum Gasteiger partial charge on any atom is -0.548 e. The van der Waals surface area contributed by atoms with Crippen molar-refractivity contribution >= 4 is 49.7 Å². The van der Waals surface area contributed by atoms with Crippen LogP contribution >= 0.6 is 0 Å². The zero-order valence-corrected chi connectivity index (χ0v) is 12.4. The van der Waals surface area contributed by atoms with Crippen molar-refractivity contribution in [2.75, 3.05) is 0 Å². The molecule has 0 aromatic carbocycles. The summed E-state index contributed by atoms with van der Waals surface area (Å²) in [7, 11) is 0. The van der Waals surface area contributed by atoms with Crippen molar-refractivity contribution in [3.05, 3.63) is 0 Å². The molecule has 112 valence electrons. The molecular formula is C6H22CaN2O9. The molecular weight excluding hydrogens is 284 g/mol. The van der Waals surface area contributed by atoms with Gasteiger partial charge in [0.1, 0.15) is 0 Å². The molecule has 0 spiro atoms. The average molecular weight is 306 g/mol. The van der Waals surface area contributed by atoms with Crippen molar-refractivity contribution in [3.63, 3.8) is 0 Å². The molecule has 14 N–H and O–H groups in total. The molecule has 18 heavy (non-hydrogen) atoms. The van der Waals surface area contributed by atoms with Gasteiger partial charge in [-0.25, -0.2) is 0 Å². The summed E-state index contributed by atoms with van der Waals surface area (Å²) in [5.74, 6) is -2.43. The van der Waals surface area contributed by atoms with Crippen LogP contribution in [0.25, 0.3) is 0 Å². The van der Waals surface area contributed by atoms with Crippen LogP contribution in [0.3, 0.4) is 0 Å². The molecule has 0 rings (SSSR count). The predicted molar refractivity (Wildman–Crippen MR) is 61.1 cm³/mol. The van der Waals surface area contributed by atoms with Crippen molar-refractivity contribution in [1.82, 2.24) is 0 Å². The molecule has 0 aliphatic carbocycles. The smallest absolute Gasteiger partial charge is 0.548 e. The first kappa shape index (κ1) is 52.1. The number of carbonyl (C=O) groups excluding carboxylic acids is 2. The third kappa shape index (κ3) is 56.5. The van der Waals surface area contributed by atoms with Gasteiger partial charge in [-0.05, 0) is 13.8 Å². The number of carbonyl (C=O) groups is 2. The van der Waals surface area contributed by atoms with Gasteiger partial charge in [-0.15, -0.1) is 0 Å². The summed E-state index contributed by atoms with van der Waals surface area (Å²) < 4.78 is 0. The zero-order valence-electron chi connectivity index (χ0n) is 10.1. The fraction of sp³-hybridized carbons (Fsp3) is 0.667. The van der Waals surface area contributed by atoms with Crippen LogP contribution in [0.15, 0.2) is 0 Å². The van der Waals surface area contributed by atoms with Crippen LogP contribution in [0, 0.1) is 0 Å². The van der Waals surface area contributed by atoms with Crippen LogP contribution in [0.1, 0.15) is 13.8 Å². The maximum atomic E-state index is 9.46. The first-order valence-electron chi connectivity index (χ1n) is 3.22. The number of hydrogen-bond donors (Lipinski definition) is 2. The maximum absolute atomic E-state index is 9.46. The summed E-state index contributed by atoms with van der Waals surface area (Å²) >= 11 is 0. The van der Waals surface area contributed by atoms with Gasteiger partial charge in [-0.2, -0.15) is 0 Å². The van der Waals surface area contributed by atoms with E-state index in [1.165, 1.54) is 13.8 Å². The standard InChI is InChI=1S/2C3H7NO2.Ca.5H2O/c2*1-2(4)3(5)6;;;;;;/h2*2H,4H2,1H3,(H,5,6);;5*1H2/q;;+2;;;;;/p-2/t2*2-;;;;;;/m00....../s1. The summed E-state index contributed by atoms with van der Waals surface area (Å²) in [6, 6.07) is -1.69. The van der Waals surface area contributed by atoms with Crippen LogP contribution in [-0.4, -0.2) is 89.1 Å². The Kier molecular flexibility index (Phi) is 87.4. The monoisotopic (exact) mass is 306 g/mol. The van der Waals surface area contributed by atoms with Crippen molar-refractivity contribution in [2.24, 2.45) is 11.5 Å². The molecule has 0 bridgehead atoms. The van der Waals surface area contributed by atoms with E-state index in [-0.39, 0.29) is 65.1 Å². The van der Waals surface area contributed by atoms with Crippen LogP contribution < -0.4 is 21.7 Å². The molecule has 12 heteroatoms. The second kappa shape index (κ2) is 30.2. The number of carboxylic acid groups (broad SMARTS) is 2. The van der Waals surface area contributed by atoms with Gasteiger partial charge < -0.3 is 58.7 Å². The van der Waals surface area contributed by atoms with E-state index in [2.05, 4.69) is 0 Å². The minimum absolute atomic E-state index is 0. The fourth-order valence-electron chi connectivity index (χ4n) is 0. The SMILES string of the molecule is C[C@H](N)C(=O)[O-].C[C@H](N)C(=O)[O-].O.O.O.O.O.[Ca+2]. The summed E-state index contributed by atoms with van der Waals surface area (Å²) in [5.41, 5.74) is 9.55. The van der Waals surface area contributed by atoms with Crippen molar-refractivity contribution in [3.8, 4) is 0 Å². The van der Waals surface area contributed by atoms with Gasteiger partial charge >= 0.3 is 37.7 Å². The first-order valence-corrected chi connectivity index (χ1v) is 3.22. The third-order valence-corrected chi connectivity index (χ3v) is 0.744. The molecule has 0 radical (unpaired) electrons. The molecule has 0 aliphatic rings. The van der Waals surface area contributed by atoms with Gasteiger partial charge in [0.15, 0.2) is 0 Å². The largest absolute Gasteiger partial charge is 2.00 e.